The molecule has 22 heavy (non-hydrogen) atoms. The van der Waals surface area contributed by atoms with Crippen molar-refractivity contribution in [2.75, 3.05) is 13.2 Å². The number of phenolic OH excluding ortho intramolecular Hbond substituents is 1. The number of hydrogen-bond acceptors (Lipinski definition) is 3. The van der Waals surface area contributed by atoms with Gasteiger partial charge in [-0.05, 0) is 54.3 Å². The number of aromatic hydroxyl groups is 1. The molecule has 2 rings (SSSR count). The van der Waals surface area contributed by atoms with Gasteiger partial charge in [-0.3, -0.25) is 0 Å². The minimum absolute atomic E-state index is 0.237. The zero-order valence-electron chi connectivity index (χ0n) is 13.3. The summed E-state index contributed by atoms with van der Waals surface area (Å²) in [4.78, 5) is 0. The zero-order chi connectivity index (χ0) is 15.9. The Labute approximate surface area is 132 Å². The van der Waals surface area contributed by atoms with Gasteiger partial charge in [0.1, 0.15) is 11.5 Å². The number of rotatable bonds is 7. The van der Waals surface area contributed by atoms with Gasteiger partial charge in [-0.25, -0.2) is 0 Å². The topological polar surface area (TPSA) is 55.5 Å². The molecule has 0 bridgehead atoms. The van der Waals surface area contributed by atoms with E-state index in [0.717, 1.165) is 24.3 Å². The van der Waals surface area contributed by atoms with Gasteiger partial charge >= 0.3 is 0 Å². The first kappa shape index (κ1) is 16.4. The molecule has 0 saturated carbocycles. The van der Waals surface area contributed by atoms with Crippen molar-refractivity contribution in [3.8, 4) is 11.5 Å². The monoisotopic (exact) mass is 299 g/mol. The van der Waals surface area contributed by atoms with Crippen LogP contribution in [0.15, 0.2) is 48.5 Å². The highest BCUT2D eigenvalue weighted by atomic mass is 16.5. The second-order valence-corrected chi connectivity index (χ2v) is 6.08. The third-order valence-corrected chi connectivity index (χ3v) is 3.61. The van der Waals surface area contributed by atoms with E-state index in [4.69, 9.17) is 10.5 Å². The molecule has 1 unspecified atom stereocenters. The number of ether oxygens (including phenoxy) is 1. The van der Waals surface area contributed by atoms with E-state index >= 15 is 0 Å². The van der Waals surface area contributed by atoms with Gasteiger partial charge in [0, 0.05) is 5.92 Å². The molecular formula is C19H25NO2. The van der Waals surface area contributed by atoms with E-state index in [9.17, 15) is 5.11 Å². The van der Waals surface area contributed by atoms with Gasteiger partial charge in [-0.1, -0.05) is 38.1 Å². The summed E-state index contributed by atoms with van der Waals surface area (Å²) in [5.74, 6) is 1.94. The molecule has 0 heterocycles. The van der Waals surface area contributed by atoms with Gasteiger partial charge in [-0.2, -0.15) is 0 Å². The summed E-state index contributed by atoms with van der Waals surface area (Å²) in [7, 11) is 0. The molecule has 0 radical (unpaired) electrons. The highest BCUT2D eigenvalue weighted by Gasteiger charge is 2.11. The molecule has 2 aromatic carbocycles. The highest BCUT2D eigenvalue weighted by molar-refractivity contribution is 5.33. The van der Waals surface area contributed by atoms with E-state index in [-0.39, 0.29) is 11.7 Å². The van der Waals surface area contributed by atoms with Gasteiger partial charge in [-0.15, -0.1) is 0 Å². The first-order chi connectivity index (χ1) is 10.6. The van der Waals surface area contributed by atoms with Gasteiger partial charge in [0.15, 0.2) is 0 Å². The Kier molecular flexibility index (Phi) is 5.84. The minimum Gasteiger partial charge on any atom is -0.508 e. The van der Waals surface area contributed by atoms with Crippen LogP contribution in [0.1, 0.15) is 30.9 Å². The molecule has 118 valence electrons. The third kappa shape index (κ3) is 4.78. The normalized spacial score (nSPS) is 12.4. The second kappa shape index (κ2) is 7.85. The van der Waals surface area contributed by atoms with Crippen LogP contribution in [-0.4, -0.2) is 18.3 Å². The Hall–Kier alpha value is -2.00. The van der Waals surface area contributed by atoms with Crippen LogP contribution >= 0.6 is 0 Å². The van der Waals surface area contributed by atoms with Gasteiger partial charge in [0.05, 0.1) is 6.61 Å². The van der Waals surface area contributed by atoms with E-state index < -0.39 is 0 Å². The van der Waals surface area contributed by atoms with Crippen LogP contribution in [0.4, 0.5) is 0 Å². The van der Waals surface area contributed by atoms with Crippen LogP contribution in [0.25, 0.3) is 0 Å². The molecule has 3 nitrogen and oxygen atoms in total. The number of phenols is 1. The van der Waals surface area contributed by atoms with Crippen LogP contribution in [0.2, 0.25) is 0 Å². The van der Waals surface area contributed by atoms with Crippen molar-refractivity contribution in [3.63, 3.8) is 0 Å². The molecule has 0 amide bonds. The van der Waals surface area contributed by atoms with Crippen LogP contribution in [0.3, 0.4) is 0 Å². The maximum absolute atomic E-state index is 9.39. The molecule has 0 aliphatic carbocycles. The van der Waals surface area contributed by atoms with Crippen molar-refractivity contribution in [3.05, 3.63) is 59.7 Å². The first-order valence-corrected chi connectivity index (χ1v) is 7.79. The Morgan fingerprint density at radius 3 is 2.45 bits per heavy atom. The summed E-state index contributed by atoms with van der Waals surface area (Å²) in [6, 6.07) is 15.5. The lowest BCUT2D eigenvalue weighted by molar-refractivity contribution is 0.271. The van der Waals surface area contributed by atoms with Crippen LogP contribution in [0, 0.1) is 5.92 Å². The van der Waals surface area contributed by atoms with Gasteiger partial charge < -0.3 is 15.6 Å². The lowest BCUT2D eigenvalue weighted by Crippen LogP contribution is -2.15. The predicted octanol–water partition coefficient (Wildman–Crippen LogP) is 3.71. The molecule has 0 aromatic heterocycles. The van der Waals surface area contributed by atoms with Gasteiger partial charge in [0.25, 0.3) is 0 Å². The maximum Gasteiger partial charge on any atom is 0.119 e. The average Bonchev–Trinajstić information content (AvgIpc) is 2.52. The van der Waals surface area contributed by atoms with E-state index in [1.165, 1.54) is 5.56 Å². The zero-order valence-corrected chi connectivity index (χ0v) is 13.3. The lowest BCUT2D eigenvalue weighted by atomic mass is 9.92. The number of benzene rings is 2. The fourth-order valence-electron chi connectivity index (χ4n) is 2.39. The van der Waals surface area contributed by atoms with Crippen molar-refractivity contribution >= 4 is 0 Å². The van der Waals surface area contributed by atoms with E-state index in [2.05, 4.69) is 26.0 Å². The Balaban J connectivity index is 2.07. The van der Waals surface area contributed by atoms with E-state index in [0.29, 0.717) is 12.5 Å². The number of hydrogen-bond donors (Lipinski definition) is 2. The SMILES string of the molecule is CC(C)COc1cccc(CC(CN)c2ccc(O)cc2)c1. The summed E-state index contributed by atoms with van der Waals surface area (Å²) in [5.41, 5.74) is 8.29. The molecule has 0 fully saturated rings. The maximum atomic E-state index is 9.39. The predicted molar refractivity (Wildman–Crippen MR) is 90.4 cm³/mol. The van der Waals surface area contributed by atoms with Crippen molar-refractivity contribution in [1.82, 2.24) is 0 Å². The summed E-state index contributed by atoms with van der Waals surface area (Å²) in [6.07, 6.45) is 0.861. The van der Waals surface area contributed by atoms with E-state index in [1.54, 1.807) is 12.1 Å². The van der Waals surface area contributed by atoms with Crippen LogP contribution < -0.4 is 10.5 Å². The van der Waals surface area contributed by atoms with Crippen molar-refractivity contribution in [1.29, 1.82) is 0 Å². The smallest absolute Gasteiger partial charge is 0.119 e. The standard InChI is InChI=1S/C19H25NO2/c1-14(2)13-22-19-5-3-4-15(11-19)10-17(12-20)16-6-8-18(21)9-7-16/h3-9,11,14,17,21H,10,12-13,20H2,1-2H3. The van der Waals surface area contributed by atoms with Crippen molar-refractivity contribution in [2.45, 2.75) is 26.2 Å². The van der Waals surface area contributed by atoms with Crippen LogP contribution in [0.5, 0.6) is 11.5 Å². The Morgan fingerprint density at radius 2 is 1.82 bits per heavy atom. The van der Waals surface area contributed by atoms with Crippen LogP contribution in [-0.2, 0) is 6.42 Å². The molecule has 0 aliphatic heterocycles. The molecular weight excluding hydrogens is 274 g/mol. The molecule has 3 heteroatoms. The Bertz CT molecular complexity index is 578. The second-order valence-electron chi connectivity index (χ2n) is 6.08. The first-order valence-electron chi connectivity index (χ1n) is 7.79. The lowest BCUT2D eigenvalue weighted by Gasteiger charge is -2.16. The fraction of sp³-hybridized carbons (Fsp3) is 0.368. The molecule has 0 aliphatic rings. The quantitative estimate of drug-likeness (QED) is 0.819. The summed E-state index contributed by atoms with van der Waals surface area (Å²) in [5, 5.41) is 9.39. The molecule has 1 atom stereocenters. The summed E-state index contributed by atoms with van der Waals surface area (Å²) >= 11 is 0. The van der Waals surface area contributed by atoms with Gasteiger partial charge in [0.2, 0.25) is 0 Å². The van der Waals surface area contributed by atoms with Crippen molar-refractivity contribution in [2.24, 2.45) is 11.7 Å². The number of nitrogens with two attached hydrogens (primary N) is 1. The summed E-state index contributed by atoms with van der Waals surface area (Å²) < 4.78 is 5.78. The van der Waals surface area contributed by atoms with E-state index in [1.807, 2.05) is 24.3 Å². The third-order valence-electron chi connectivity index (χ3n) is 3.61. The summed E-state index contributed by atoms with van der Waals surface area (Å²) in [6.45, 7) is 5.57. The van der Waals surface area contributed by atoms with Crippen molar-refractivity contribution < 1.29 is 9.84 Å². The molecule has 0 spiro atoms. The Morgan fingerprint density at radius 1 is 1.09 bits per heavy atom. The largest absolute Gasteiger partial charge is 0.508 e. The fourth-order valence-corrected chi connectivity index (χ4v) is 2.39. The molecule has 3 N–H and O–H groups in total. The minimum atomic E-state index is 0.237. The molecule has 2 aromatic rings. The molecule has 0 saturated heterocycles. The average molecular weight is 299 g/mol. The highest BCUT2D eigenvalue weighted by Crippen LogP contribution is 2.24.